The summed E-state index contributed by atoms with van der Waals surface area (Å²) in [4.78, 5) is 0.695. The molecular weight excluding hydrogens is 282 g/mol. The second-order valence-corrected chi connectivity index (χ2v) is 5.56. The standard InChI is InChI=1S/C12H9Cl2FOS/c1-12(16,11-3-2-4-17-11)7-5-10(15)9(14)6-8(7)13/h2-6,16H,1H3. The molecule has 0 aliphatic rings. The van der Waals surface area contributed by atoms with Gasteiger partial charge in [-0.25, -0.2) is 4.39 Å². The molecule has 2 rings (SSSR count). The predicted molar refractivity (Wildman–Crippen MR) is 69.4 cm³/mol. The topological polar surface area (TPSA) is 20.2 Å². The minimum atomic E-state index is -1.32. The van der Waals surface area contributed by atoms with E-state index in [1.807, 2.05) is 11.4 Å². The van der Waals surface area contributed by atoms with E-state index in [4.69, 9.17) is 23.2 Å². The Morgan fingerprint density at radius 3 is 2.59 bits per heavy atom. The number of thiophene rings is 1. The summed E-state index contributed by atoms with van der Waals surface area (Å²) in [5.74, 6) is -0.595. The highest BCUT2D eigenvalue weighted by Gasteiger charge is 2.30. The Hall–Kier alpha value is -0.610. The van der Waals surface area contributed by atoms with Gasteiger partial charge >= 0.3 is 0 Å². The van der Waals surface area contributed by atoms with E-state index >= 15 is 0 Å². The Morgan fingerprint density at radius 1 is 1.29 bits per heavy atom. The molecule has 0 amide bonds. The molecule has 0 saturated heterocycles. The molecule has 0 aliphatic heterocycles. The van der Waals surface area contributed by atoms with Gasteiger partial charge in [0.15, 0.2) is 0 Å². The lowest BCUT2D eigenvalue weighted by Gasteiger charge is -2.24. The van der Waals surface area contributed by atoms with Gasteiger partial charge in [0.2, 0.25) is 0 Å². The van der Waals surface area contributed by atoms with Crippen LogP contribution in [0.15, 0.2) is 29.6 Å². The smallest absolute Gasteiger partial charge is 0.142 e. The van der Waals surface area contributed by atoms with Crippen LogP contribution in [-0.2, 0) is 5.60 Å². The first-order valence-electron chi connectivity index (χ1n) is 4.84. The lowest BCUT2D eigenvalue weighted by molar-refractivity contribution is 0.106. The zero-order valence-electron chi connectivity index (χ0n) is 8.88. The largest absolute Gasteiger partial charge is 0.380 e. The van der Waals surface area contributed by atoms with Crippen molar-refractivity contribution in [3.63, 3.8) is 0 Å². The molecule has 17 heavy (non-hydrogen) atoms. The molecular formula is C12H9Cl2FOS. The van der Waals surface area contributed by atoms with Crippen LogP contribution in [0.2, 0.25) is 10.0 Å². The van der Waals surface area contributed by atoms with E-state index in [1.54, 1.807) is 13.0 Å². The normalized spacial score (nSPS) is 14.6. The third-order valence-corrected chi connectivity index (χ3v) is 4.22. The van der Waals surface area contributed by atoms with Gasteiger partial charge in [-0.05, 0) is 30.5 Å². The van der Waals surface area contributed by atoms with E-state index < -0.39 is 11.4 Å². The fourth-order valence-corrected chi connectivity index (χ4v) is 2.95. The summed E-state index contributed by atoms with van der Waals surface area (Å²) in [7, 11) is 0. The van der Waals surface area contributed by atoms with E-state index in [2.05, 4.69) is 0 Å². The summed E-state index contributed by atoms with van der Waals surface area (Å²) in [6, 6.07) is 6.06. The van der Waals surface area contributed by atoms with Crippen molar-refractivity contribution >= 4 is 34.5 Å². The molecule has 1 heterocycles. The Bertz CT molecular complexity index is 538. The molecule has 0 aliphatic carbocycles. The van der Waals surface area contributed by atoms with E-state index in [9.17, 15) is 9.50 Å². The van der Waals surface area contributed by atoms with E-state index in [1.165, 1.54) is 23.5 Å². The van der Waals surface area contributed by atoms with Crippen molar-refractivity contribution in [3.05, 3.63) is 55.9 Å². The van der Waals surface area contributed by atoms with E-state index in [0.717, 1.165) is 0 Å². The molecule has 2 aromatic rings. The lowest BCUT2D eigenvalue weighted by atomic mass is 9.94. The van der Waals surface area contributed by atoms with Crippen LogP contribution >= 0.6 is 34.5 Å². The highest BCUT2D eigenvalue weighted by Crippen LogP contribution is 2.38. The molecule has 0 bridgehead atoms. The molecule has 1 N–H and O–H groups in total. The van der Waals surface area contributed by atoms with E-state index in [0.29, 0.717) is 10.4 Å². The summed E-state index contributed by atoms with van der Waals surface area (Å²) >= 11 is 13.0. The molecule has 0 radical (unpaired) electrons. The van der Waals surface area contributed by atoms with Crippen molar-refractivity contribution < 1.29 is 9.50 Å². The molecule has 0 saturated carbocycles. The first kappa shape index (κ1) is 12.8. The van der Waals surface area contributed by atoms with Crippen LogP contribution in [0.25, 0.3) is 0 Å². The highest BCUT2D eigenvalue weighted by molar-refractivity contribution is 7.10. The predicted octanol–water partition coefficient (Wildman–Crippen LogP) is 4.45. The molecule has 1 nitrogen and oxygen atoms in total. The minimum Gasteiger partial charge on any atom is -0.380 e. The summed E-state index contributed by atoms with van der Waals surface area (Å²) in [5.41, 5.74) is -1.01. The number of hydrogen-bond donors (Lipinski definition) is 1. The number of rotatable bonds is 2. The summed E-state index contributed by atoms with van der Waals surface area (Å²) in [6.07, 6.45) is 0. The van der Waals surface area contributed by atoms with Gasteiger partial charge in [-0.3, -0.25) is 0 Å². The maximum Gasteiger partial charge on any atom is 0.142 e. The summed E-state index contributed by atoms with van der Waals surface area (Å²) in [5, 5.41) is 12.5. The van der Waals surface area contributed by atoms with Crippen molar-refractivity contribution in [2.45, 2.75) is 12.5 Å². The third kappa shape index (κ3) is 2.33. The first-order valence-corrected chi connectivity index (χ1v) is 6.48. The molecule has 0 fully saturated rings. The van der Waals surface area contributed by atoms with Crippen molar-refractivity contribution in [3.8, 4) is 0 Å². The van der Waals surface area contributed by atoms with Gasteiger partial charge in [-0.1, -0.05) is 29.3 Å². The highest BCUT2D eigenvalue weighted by atomic mass is 35.5. The van der Waals surface area contributed by atoms with Gasteiger partial charge in [0.1, 0.15) is 11.4 Å². The monoisotopic (exact) mass is 290 g/mol. The fraction of sp³-hybridized carbons (Fsp3) is 0.167. The maximum absolute atomic E-state index is 13.4. The number of benzene rings is 1. The van der Waals surface area contributed by atoms with E-state index in [-0.39, 0.29) is 10.0 Å². The second-order valence-electron chi connectivity index (χ2n) is 3.80. The van der Waals surface area contributed by atoms with Gasteiger partial charge in [0.25, 0.3) is 0 Å². The fourth-order valence-electron chi connectivity index (χ4n) is 1.58. The van der Waals surface area contributed by atoms with Crippen LogP contribution in [0, 0.1) is 5.82 Å². The second kappa shape index (κ2) is 4.58. The Balaban J connectivity index is 2.57. The van der Waals surface area contributed by atoms with Crippen molar-refractivity contribution in [1.29, 1.82) is 0 Å². The molecule has 1 aromatic heterocycles. The van der Waals surface area contributed by atoms with Crippen LogP contribution in [0.5, 0.6) is 0 Å². The zero-order valence-corrected chi connectivity index (χ0v) is 11.2. The van der Waals surface area contributed by atoms with Crippen LogP contribution in [0.3, 0.4) is 0 Å². The zero-order chi connectivity index (χ0) is 12.6. The minimum absolute atomic E-state index is 0.0549. The van der Waals surface area contributed by atoms with Crippen molar-refractivity contribution in [2.75, 3.05) is 0 Å². The van der Waals surface area contributed by atoms with Gasteiger partial charge in [-0.2, -0.15) is 0 Å². The van der Waals surface area contributed by atoms with Gasteiger partial charge in [0.05, 0.1) is 5.02 Å². The Labute approximate surface area is 112 Å². The Morgan fingerprint density at radius 2 is 2.00 bits per heavy atom. The quantitative estimate of drug-likeness (QED) is 0.810. The first-order chi connectivity index (χ1) is 7.93. The SMILES string of the molecule is CC(O)(c1cccs1)c1cc(F)c(Cl)cc1Cl. The Kier molecular flexibility index (Phi) is 3.46. The lowest BCUT2D eigenvalue weighted by Crippen LogP contribution is -2.22. The molecule has 1 aromatic carbocycles. The molecule has 90 valence electrons. The summed E-state index contributed by atoms with van der Waals surface area (Å²) in [6.45, 7) is 1.58. The molecule has 1 atom stereocenters. The van der Waals surface area contributed by atoms with Crippen molar-refractivity contribution in [1.82, 2.24) is 0 Å². The number of hydrogen-bond acceptors (Lipinski definition) is 2. The average Bonchev–Trinajstić information content (AvgIpc) is 2.77. The van der Waals surface area contributed by atoms with Crippen LogP contribution in [0.1, 0.15) is 17.4 Å². The van der Waals surface area contributed by atoms with Gasteiger partial charge < -0.3 is 5.11 Å². The van der Waals surface area contributed by atoms with Crippen LogP contribution in [0.4, 0.5) is 4.39 Å². The molecule has 5 heteroatoms. The average molecular weight is 291 g/mol. The van der Waals surface area contributed by atoms with Gasteiger partial charge in [0, 0.05) is 15.5 Å². The molecule has 0 spiro atoms. The third-order valence-electron chi connectivity index (χ3n) is 2.54. The van der Waals surface area contributed by atoms with Crippen molar-refractivity contribution in [2.24, 2.45) is 0 Å². The van der Waals surface area contributed by atoms with Crippen LogP contribution in [-0.4, -0.2) is 5.11 Å². The van der Waals surface area contributed by atoms with Crippen LogP contribution < -0.4 is 0 Å². The van der Waals surface area contributed by atoms with Gasteiger partial charge in [-0.15, -0.1) is 11.3 Å². The number of halogens is 3. The maximum atomic E-state index is 13.4. The summed E-state index contributed by atoms with van der Waals surface area (Å²) < 4.78 is 13.4. The molecule has 1 unspecified atom stereocenters. The number of aliphatic hydroxyl groups is 1.